The van der Waals surface area contributed by atoms with Crippen LogP contribution in [-0.2, 0) is 4.79 Å². The third-order valence-corrected chi connectivity index (χ3v) is 1.05. The fourth-order valence-electron chi connectivity index (χ4n) is 0.444. The summed E-state index contributed by atoms with van der Waals surface area (Å²) in [6, 6.07) is -0.523. The van der Waals surface area contributed by atoms with Crippen LogP contribution in [0.3, 0.4) is 0 Å². The zero-order valence-corrected chi connectivity index (χ0v) is 9.93. The zero-order chi connectivity index (χ0) is 7.28. The second-order valence-electron chi connectivity index (χ2n) is 1.99. The Balaban J connectivity index is 0. The van der Waals surface area contributed by atoms with Crippen LogP contribution < -0.4 is 61.8 Å². The molecule has 0 saturated heterocycles. The first kappa shape index (κ1) is 13.6. The maximum absolute atomic E-state index is 10.0. The van der Waals surface area contributed by atoms with E-state index >= 15 is 0 Å². The van der Waals surface area contributed by atoms with Gasteiger partial charge in [-0.05, 0) is 19.9 Å². The van der Waals surface area contributed by atoms with E-state index in [0.29, 0.717) is 0 Å². The molecule has 1 unspecified atom stereocenters. The number of hydrogen-bond donors (Lipinski definition) is 1. The van der Waals surface area contributed by atoms with Crippen molar-refractivity contribution in [3.05, 3.63) is 0 Å². The molecular weight excluding hydrogens is 157 g/mol. The Morgan fingerprint density at radius 1 is 1.70 bits per heavy atom. The van der Waals surface area contributed by atoms with Crippen molar-refractivity contribution >= 4 is 5.97 Å². The van der Waals surface area contributed by atoms with Gasteiger partial charge in [0.15, 0.2) is 0 Å². The molecule has 0 aliphatic carbocycles. The van der Waals surface area contributed by atoms with E-state index in [0.717, 1.165) is 13.0 Å². The molecule has 0 aliphatic rings. The van der Waals surface area contributed by atoms with Gasteiger partial charge in [-0.1, -0.05) is 6.92 Å². The Morgan fingerprint density at radius 2 is 2.20 bits per heavy atom. The van der Waals surface area contributed by atoms with Gasteiger partial charge in [-0.2, -0.15) is 0 Å². The number of nitrogens with one attached hydrogen (secondary N) is 1. The van der Waals surface area contributed by atoms with Crippen LogP contribution in [0.2, 0.25) is 0 Å². The van der Waals surface area contributed by atoms with Gasteiger partial charge in [0.1, 0.15) is 0 Å². The Bertz CT molecular complexity index is 97.7. The molecule has 4 heteroatoms. The molecule has 0 aromatic rings. The molecule has 0 aliphatic heterocycles. The molecule has 3 nitrogen and oxygen atoms in total. The third kappa shape index (κ3) is 7.18. The molecule has 0 amide bonds. The first-order chi connectivity index (χ1) is 4.18. The van der Waals surface area contributed by atoms with Gasteiger partial charge < -0.3 is 15.2 Å². The monoisotopic (exact) mass is 169 g/mol. The first-order valence-electron chi connectivity index (χ1n) is 3.12. The van der Waals surface area contributed by atoms with Gasteiger partial charge in [-0.25, -0.2) is 0 Å². The summed E-state index contributed by atoms with van der Waals surface area (Å²) >= 11 is 0. The number of carboxylic acids is 1. The summed E-state index contributed by atoms with van der Waals surface area (Å²) in [4.78, 5) is 10.0. The van der Waals surface area contributed by atoms with Crippen LogP contribution in [0, 0.1) is 0 Å². The molecule has 0 aromatic carbocycles. The Kier molecular flexibility index (Phi) is 11.1. The molecule has 0 radical (unpaired) electrons. The van der Waals surface area contributed by atoms with Crippen molar-refractivity contribution < 1.29 is 61.3 Å². The van der Waals surface area contributed by atoms with Crippen molar-refractivity contribution in [3.8, 4) is 0 Å². The van der Waals surface area contributed by atoms with Gasteiger partial charge in [0.05, 0.1) is 5.97 Å². The average Bonchev–Trinajstić information content (AvgIpc) is 1.82. The van der Waals surface area contributed by atoms with E-state index in [9.17, 15) is 9.90 Å². The fourth-order valence-corrected chi connectivity index (χ4v) is 0.444. The largest absolute Gasteiger partial charge is 1.00 e. The maximum atomic E-state index is 10.0. The van der Waals surface area contributed by atoms with E-state index in [1.165, 1.54) is 0 Å². The predicted molar refractivity (Wildman–Crippen MR) is 32.8 cm³/mol. The zero-order valence-electron chi connectivity index (χ0n) is 6.81. The standard InChI is InChI=1S/C6H13NO2.K/c1-3-4-7-5(2)6(8)9;/h5,7H,3-4H2,1-2H3,(H,8,9);/q;+1/p-1. The maximum Gasteiger partial charge on any atom is 1.00 e. The first-order valence-corrected chi connectivity index (χ1v) is 3.12. The van der Waals surface area contributed by atoms with Crippen molar-refractivity contribution in [3.63, 3.8) is 0 Å². The van der Waals surface area contributed by atoms with Gasteiger partial charge in [0.25, 0.3) is 0 Å². The molecule has 0 aromatic heterocycles. The van der Waals surface area contributed by atoms with E-state index in [1.807, 2.05) is 6.92 Å². The summed E-state index contributed by atoms with van der Waals surface area (Å²) in [7, 11) is 0. The molecule has 1 N–H and O–H groups in total. The summed E-state index contributed by atoms with van der Waals surface area (Å²) in [5.74, 6) is -1.04. The van der Waals surface area contributed by atoms with Gasteiger partial charge in [-0.15, -0.1) is 0 Å². The molecule has 0 saturated carbocycles. The Labute approximate surface area is 104 Å². The van der Waals surface area contributed by atoms with Crippen LogP contribution in [0.25, 0.3) is 0 Å². The van der Waals surface area contributed by atoms with E-state index < -0.39 is 12.0 Å². The topological polar surface area (TPSA) is 52.2 Å². The SMILES string of the molecule is CCCNC(C)C(=O)[O-].[K+]. The van der Waals surface area contributed by atoms with Crippen LogP contribution in [-0.4, -0.2) is 18.6 Å². The summed E-state index contributed by atoms with van der Waals surface area (Å²) in [6.45, 7) is 4.29. The number of rotatable bonds is 4. The number of carbonyl (C=O) groups is 1. The van der Waals surface area contributed by atoms with Crippen LogP contribution in [0.4, 0.5) is 0 Å². The Hall–Kier alpha value is 1.07. The molecule has 10 heavy (non-hydrogen) atoms. The van der Waals surface area contributed by atoms with E-state index in [-0.39, 0.29) is 51.4 Å². The van der Waals surface area contributed by atoms with E-state index in [2.05, 4.69) is 5.32 Å². The van der Waals surface area contributed by atoms with Crippen LogP contribution >= 0.6 is 0 Å². The van der Waals surface area contributed by atoms with E-state index in [4.69, 9.17) is 0 Å². The molecule has 0 bridgehead atoms. The number of carbonyl (C=O) groups excluding carboxylic acids is 1. The summed E-state index contributed by atoms with van der Waals surface area (Å²) < 4.78 is 0. The molecule has 0 heterocycles. The van der Waals surface area contributed by atoms with Crippen molar-refractivity contribution in [1.82, 2.24) is 5.32 Å². The molecule has 54 valence electrons. The van der Waals surface area contributed by atoms with Crippen LogP contribution in [0.15, 0.2) is 0 Å². The third-order valence-electron chi connectivity index (χ3n) is 1.05. The van der Waals surface area contributed by atoms with Crippen molar-refractivity contribution in [2.24, 2.45) is 0 Å². The minimum absolute atomic E-state index is 0. The predicted octanol–water partition coefficient (Wildman–Crippen LogP) is -3.87. The van der Waals surface area contributed by atoms with E-state index in [1.54, 1.807) is 6.92 Å². The number of hydrogen-bond acceptors (Lipinski definition) is 3. The van der Waals surface area contributed by atoms with Gasteiger partial charge in [-0.3, -0.25) is 0 Å². The van der Waals surface area contributed by atoms with Crippen molar-refractivity contribution in [1.29, 1.82) is 0 Å². The normalized spacial score (nSPS) is 11.8. The average molecular weight is 169 g/mol. The van der Waals surface area contributed by atoms with Crippen LogP contribution in [0.5, 0.6) is 0 Å². The molecule has 0 rings (SSSR count). The quantitative estimate of drug-likeness (QED) is 0.438. The van der Waals surface area contributed by atoms with Gasteiger partial charge >= 0.3 is 51.4 Å². The van der Waals surface area contributed by atoms with Crippen molar-refractivity contribution in [2.45, 2.75) is 26.3 Å². The van der Waals surface area contributed by atoms with Crippen LogP contribution in [0.1, 0.15) is 20.3 Å². The molecule has 0 spiro atoms. The van der Waals surface area contributed by atoms with Gasteiger partial charge in [0, 0.05) is 6.04 Å². The second-order valence-corrected chi connectivity index (χ2v) is 1.99. The Morgan fingerprint density at radius 3 is 2.50 bits per heavy atom. The number of carboxylic acid groups (broad SMARTS) is 1. The summed E-state index contributed by atoms with van der Waals surface area (Å²) in [5.41, 5.74) is 0. The minimum atomic E-state index is -1.04. The molecule has 0 fully saturated rings. The summed E-state index contributed by atoms with van der Waals surface area (Å²) in [5, 5.41) is 12.8. The molecule has 1 atom stereocenters. The summed E-state index contributed by atoms with van der Waals surface area (Å²) in [6.07, 6.45) is 0.942. The van der Waals surface area contributed by atoms with Crippen molar-refractivity contribution in [2.75, 3.05) is 6.54 Å². The second kappa shape index (κ2) is 8.17. The fraction of sp³-hybridized carbons (Fsp3) is 0.833. The minimum Gasteiger partial charge on any atom is -0.548 e. The smallest absolute Gasteiger partial charge is 0.548 e. The van der Waals surface area contributed by atoms with Gasteiger partial charge in [0.2, 0.25) is 0 Å². The number of aliphatic carboxylic acids is 1. The molecular formula is C6H12KNO2.